The van der Waals surface area contributed by atoms with E-state index < -0.39 is 6.10 Å². The number of carbonyl (C=O) groups excluding carboxylic acids is 1. The highest BCUT2D eigenvalue weighted by Crippen LogP contribution is 2.33. The Morgan fingerprint density at radius 1 is 1.20 bits per heavy atom. The number of anilines is 1. The minimum atomic E-state index is -0.456. The van der Waals surface area contributed by atoms with Crippen LogP contribution >= 0.6 is 0 Å². The molecule has 0 radical (unpaired) electrons. The Morgan fingerprint density at radius 3 is 2.48 bits per heavy atom. The largest absolute Gasteiger partial charge is 0.388 e. The summed E-state index contributed by atoms with van der Waals surface area (Å²) in [6.45, 7) is 3.07. The molecule has 0 spiro atoms. The number of hydrogen-bond acceptors (Lipinski definition) is 4. The summed E-state index contributed by atoms with van der Waals surface area (Å²) in [7, 11) is 0. The van der Waals surface area contributed by atoms with E-state index >= 15 is 0 Å². The van der Waals surface area contributed by atoms with E-state index in [0.717, 1.165) is 37.2 Å². The van der Waals surface area contributed by atoms with Gasteiger partial charge in [0.05, 0.1) is 17.4 Å². The standard InChI is InChI=1S/C21H22N2O2/c1-15(24)18-7-8-19(14-22)20(13-18)23-11-9-17(10-12-23)21(25)16-5-3-2-4-6-16/h2-8,13,17,21,25H,9-12H2,1H3. The van der Waals surface area contributed by atoms with Gasteiger partial charge in [-0.25, -0.2) is 0 Å². The lowest BCUT2D eigenvalue weighted by Gasteiger charge is -2.36. The van der Waals surface area contributed by atoms with Crippen molar-refractivity contribution in [2.24, 2.45) is 5.92 Å². The first-order valence-electron chi connectivity index (χ1n) is 8.63. The van der Waals surface area contributed by atoms with Crippen LogP contribution in [-0.4, -0.2) is 24.0 Å². The highest BCUT2D eigenvalue weighted by molar-refractivity contribution is 5.95. The molecule has 2 aromatic carbocycles. The number of rotatable bonds is 4. The van der Waals surface area contributed by atoms with Gasteiger partial charge in [-0.05, 0) is 49.4 Å². The Kier molecular flexibility index (Phi) is 5.16. The quantitative estimate of drug-likeness (QED) is 0.866. The van der Waals surface area contributed by atoms with Crippen LogP contribution in [0.5, 0.6) is 0 Å². The number of benzene rings is 2. The topological polar surface area (TPSA) is 64.3 Å². The molecule has 1 unspecified atom stereocenters. The van der Waals surface area contributed by atoms with Crippen LogP contribution in [0, 0.1) is 17.2 Å². The van der Waals surface area contributed by atoms with E-state index in [-0.39, 0.29) is 11.7 Å². The van der Waals surface area contributed by atoms with E-state index in [1.165, 1.54) is 6.92 Å². The molecule has 1 atom stereocenters. The lowest BCUT2D eigenvalue weighted by atomic mass is 9.87. The maximum atomic E-state index is 11.6. The van der Waals surface area contributed by atoms with Gasteiger partial charge in [0.15, 0.2) is 5.78 Å². The van der Waals surface area contributed by atoms with Crippen LogP contribution in [0.1, 0.15) is 47.4 Å². The molecule has 4 nitrogen and oxygen atoms in total. The number of nitrogens with zero attached hydrogens (tertiary/aromatic N) is 2. The molecule has 0 aliphatic carbocycles. The third-order valence-electron chi connectivity index (χ3n) is 4.99. The number of Topliss-reactive ketones (excluding diaryl/α,β-unsaturated/α-hetero) is 1. The van der Waals surface area contributed by atoms with Crippen LogP contribution in [-0.2, 0) is 0 Å². The lowest BCUT2D eigenvalue weighted by molar-refractivity contribution is 0.0930. The summed E-state index contributed by atoms with van der Waals surface area (Å²) in [5.41, 5.74) is 2.99. The summed E-state index contributed by atoms with van der Waals surface area (Å²) < 4.78 is 0. The Balaban J connectivity index is 1.73. The van der Waals surface area contributed by atoms with Gasteiger partial charge in [-0.15, -0.1) is 0 Å². The predicted molar refractivity (Wildman–Crippen MR) is 97.5 cm³/mol. The summed E-state index contributed by atoms with van der Waals surface area (Å²) in [5.74, 6) is 0.209. The molecule has 1 heterocycles. The average Bonchev–Trinajstić information content (AvgIpc) is 2.67. The predicted octanol–water partition coefficient (Wildman–Crippen LogP) is 3.71. The van der Waals surface area contributed by atoms with E-state index in [4.69, 9.17) is 0 Å². The molecule has 3 rings (SSSR count). The van der Waals surface area contributed by atoms with Gasteiger partial charge in [0.25, 0.3) is 0 Å². The fourth-order valence-electron chi connectivity index (χ4n) is 3.49. The van der Waals surface area contributed by atoms with Crippen LogP contribution in [0.3, 0.4) is 0 Å². The van der Waals surface area contributed by atoms with E-state index in [2.05, 4.69) is 11.0 Å². The zero-order valence-electron chi connectivity index (χ0n) is 14.4. The number of carbonyl (C=O) groups is 1. The molecule has 0 amide bonds. The van der Waals surface area contributed by atoms with E-state index in [0.29, 0.717) is 11.1 Å². The van der Waals surface area contributed by atoms with Gasteiger partial charge in [0.2, 0.25) is 0 Å². The maximum absolute atomic E-state index is 11.6. The third kappa shape index (κ3) is 3.72. The van der Waals surface area contributed by atoms with Crippen molar-refractivity contribution < 1.29 is 9.90 Å². The van der Waals surface area contributed by atoms with Crippen molar-refractivity contribution in [1.29, 1.82) is 5.26 Å². The second-order valence-electron chi connectivity index (χ2n) is 6.58. The first kappa shape index (κ1) is 17.2. The van der Waals surface area contributed by atoms with Crippen molar-refractivity contribution in [3.63, 3.8) is 0 Å². The van der Waals surface area contributed by atoms with Crippen LogP contribution in [0.2, 0.25) is 0 Å². The van der Waals surface area contributed by atoms with E-state index in [1.54, 1.807) is 12.1 Å². The number of aliphatic hydroxyl groups excluding tert-OH is 1. The summed E-state index contributed by atoms with van der Waals surface area (Å²) in [6.07, 6.45) is 1.25. The molecule has 0 saturated carbocycles. The maximum Gasteiger partial charge on any atom is 0.159 e. The minimum Gasteiger partial charge on any atom is -0.388 e. The normalized spacial score (nSPS) is 16.3. The van der Waals surface area contributed by atoms with Gasteiger partial charge < -0.3 is 10.0 Å². The van der Waals surface area contributed by atoms with Gasteiger partial charge in [0.1, 0.15) is 6.07 Å². The van der Waals surface area contributed by atoms with Crippen LogP contribution in [0.15, 0.2) is 48.5 Å². The minimum absolute atomic E-state index is 0.000116. The zero-order chi connectivity index (χ0) is 17.8. The molecule has 1 aliphatic heterocycles. The molecule has 1 fully saturated rings. The van der Waals surface area contributed by atoms with Crippen molar-refractivity contribution in [3.05, 3.63) is 65.2 Å². The number of ketones is 1. The van der Waals surface area contributed by atoms with Crippen molar-refractivity contribution in [2.75, 3.05) is 18.0 Å². The summed E-state index contributed by atoms with van der Waals surface area (Å²) in [5, 5.41) is 20.0. The van der Waals surface area contributed by atoms with Crippen molar-refractivity contribution in [3.8, 4) is 6.07 Å². The molecule has 4 heteroatoms. The molecule has 2 aromatic rings. The molecule has 1 N–H and O–H groups in total. The second kappa shape index (κ2) is 7.50. The van der Waals surface area contributed by atoms with E-state index in [9.17, 15) is 15.2 Å². The van der Waals surface area contributed by atoms with Gasteiger partial charge in [-0.1, -0.05) is 30.3 Å². The first-order valence-corrected chi connectivity index (χ1v) is 8.63. The summed E-state index contributed by atoms with van der Waals surface area (Å²) >= 11 is 0. The fraction of sp³-hybridized carbons (Fsp3) is 0.333. The molecular formula is C21H22N2O2. The average molecular weight is 334 g/mol. The molecule has 1 aliphatic rings. The Morgan fingerprint density at radius 2 is 1.88 bits per heavy atom. The van der Waals surface area contributed by atoms with Crippen molar-refractivity contribution in [2.45, 2.75) is 25.9 Å². The molecule has 128 valence electrons. The Hall–Kier alpha value is -2.64. The van der Waals surface area contributed by atoms with Gasteiger partial charge >= 0.3 is 0 Å². The monoisotopic (exact) mass is 334 g/mol. The third-order valence-corrected chi connectivity index (χ3v) is 4.99. The number of piperidine rings is 1. The van der Waals surface area contributed by atoms with Crippen LogP contribution < -0.4 is 4.90 Å². The highest BCUT2D eigenvalue weighted by Gasteiger charge is 2.27. The van der Waals surface area contributed by atoms with Gasteiger partial charge in [-0.3, -0.25) is 4.79 Å². The Labute approximate surface area is 148 Å². The SMILES string of the molecule is CC(=O)c1ccc(C#N)c(N2CCC(C(O)c3ccccc3)CC2)c1. The van der Waals surface area contributed by atoms with Gasteiger partial charge in [-0.2, -0.15) is 5.26 Å². The smallest absolute Gasteiger partial charge is 0.159 e. The van der Waals surface area contributed by atoms with Gasteiger partial charge in [0, 0.05) is 18.7 Å². The number of aliphatic hydroxyl groups is 1. The zero-order valence-corrected chi connectivity index (χ0v) is 14.4. The first-order chi connectivity index (χ1) is 12.1. The van der Waals surface area contributed by atoms with E-state index in [1.807, 2.05) is 36.4 Å². The molecule has 0 bridgehead atoms. The van der Waals surface area contributed by atoms with Crippen molar-refractivity contribution in [1.82, 2.24) is 0 Å². The molecular weight excluding hydrogens is 312 g/mol. The molecule has 25 heavy (non-hydrogen) atoms. The van der Waals surface area contributed by atoms with Crippen LogP contribution in [0.25, 0.3) is 0 Å². The fourth-order valence-corrected chi connectivity index (χ4v) is 3.49. The van der Waals surface area contributed by atoms with Crippen molar-refractivity contribution >= 4 is 11.5 Å². The summed E-state index contributed by atoms with van der Waals surface area (Å²) in [6, 6.07) is 17.2. The number of nitriles is 1. The lowest BCUT2D eigenvalue weighted by Crippen LogP contribution is -2.36. The Bertz CT molecular complexity index is 787. The second-order valence-corrected chi connectivity index (χ2v) is 6.58. The molecule has 0 aromatic heterocycles. The highest BCUT2D eigenvalue weighted by atomic mass is 16.3. The molecule has 1 saturated heterocycles. The van der Waals surface area contributed by atoms with Crippen LogP contribution in [0.4, 0.5) is 5.69 Å². The number of hydrogen-bond donors (Lipinski definition) is 1. The summed E-state index contributed by atoms with van der Waals surface area (Å²) in [4.78, 5) is 13.8.